The van der Waals surface area contributed by atoms with Crippen molar-refractivity contribution in [1.82, 2.24) is 20.1 Å². The molecule has 2 aromatic rings. The second-order valence-corrected chi connectivity index (χ2v) is 7.04. The molecule has 1 amide bonds. The van der Waals surface area contributed by atoms with Gasteiger partial charge in [0.25, 0.3) is 0 Å². The van der Waals surface area contributed by atoms with E-state index in [1.54, 1.807) is 11.9 Å². The molecule has 23 heavy (non-hydrogen) atoms. The lowest BCUT2D eigenvalue weighted by Gasteiger charge is -2.18. The van der Waals surface area contributed by atoms with Crippen molar-refractivity contribution in [2.75, 3.05) is 13.6 Å². The Labute approximate surface area is 147 Å². The van der Waals surface area contributed by atoms with Crippen LogP contribution in [-0.2, 0) is 4.79 Å². The molecule has 0 aliphatic carbocycles. The van der Waals surface area contributed by atoms with Gasteiger partial charge in [0.05, 0.1) is 17.7 Å². The molecule has 0 aliphatic rings. The van der Waals surface area contributed by atoms with Crippen molar-refractivity contribution in [3.8, 4) is 17.5 Å². The van der Waals surface area contributed by atoms with Gasteiger partial charge >= 0.3 is 0 Å². The number of benzene rings is 1. The summed E-state index contributed by atoms with van der Waals surface area (Å²) >= 11 is 4.77. The summed E-state index contributed by atoms with van der Waals surface area (Å²) in [6.07, 6.45) is 0.326. The van der Waals surface area contributed by atoms with Gasteiger partial charge < -0.3 is 4.90 Å². The van der Waals surface area contributed by atoms with E-state index in [4.69, 9.17) is 5.26 Å². The molecule has 0 saturated carbocycles. The van der Waals surface area contributed by atoms with Gasteiger partial charge in [0.2, 0.25) is 11.1 Å². The van der Waals surface area contributed by atoms with E-state index in [2.05, 4.69) is 31.1 Å². The molecule has 0 fully saturated rings. The first-order chi connectivity index (χ1) is 11.0. The third-order valence-corrected chi connectivity index (χ3v) is 4.80. The lowest BCUT2D eigenvalue weighted by Crippen LogP contribution is -2.33. The zero-order valence-corrected chi connectivity index (χ0v) is 15.2. The number of amides is 1. The highest BCUT2D eigenvalue weighted by Gasteiger charge is 2.20. The molecule has 1 N–H and O–H groups in total. The SMILES string of the molecule is C[C@@H](Sc1n[nH]c(-c2ccccc2Br)n1)C(=O)N(C)CCC#N. The Morgan fingerprint density at radius 2 is 2.26 bits per heavy atom. The van der Waals surface area contributed by atoms with Crippen LogP contribution in [0.4, 0.5) is 0 Å². The summed E-state index contributed by atoms with van der Waals surface area (Å²) in [5, 5.41) is 15.8. The van der Waals surface area contributed by atoms with Gasteiger partial charge in [-0.1, -0.05) is 45.9 Å². The second-order valence-electron chi connectivity index (χ2n) is 4.87. The maximum Gasteiger partial charge on any atom is 0.235 e. The standard InChI is InChI=1S/C15H16BrN5OS/c1-10(14(22)21(2)9-5-8-17)23-15-18-13(19-20-15)11-6-3-4-7-12(11)16/h3-4,6-7,10H,5,9H2,1-2H3,(H,18,19,20)/t10-/m1/s1. The van der Waals surface area contributed by atoms with E-state index in [9.17, 15) is 4.79 Å². The van der Waals surface area contributed by atoms with Crippen molar-refractivity contribution < 1.29 is 4.79 Å². The summed E-state index contributed by atoms with van der Waals surface area (Å²) in [4.78, 5) is 18.2. The van der Waals surface area contributed by atoms with Gasteiger partial charge in [0.1, 0.15) is 0 Å². The fraction of sp³-hybridized carbons (Fsp3) is 0.333. The number of aromatic amines is 1. The molecular weight excluding hydrogens is 378 g/mol. The van der Waals surface area contributed by atoms with Gasteiger partial charge in [0, 0.05) is 23.6 Å². The predicted molar refractivity (Wildman–Crippen MR) is 92.7 cm³/mol. The molecule has 0 spiro atoms. The van der Waals surface area contributed by atoms with Crippen molar-refractivity contribution in [2.24, 2.45) is 0 Å². The third kappa shape index (κ3) is 4.56. The van der Waals surface area contributed by atoms with Gasteiger partial charge in [-0.05, 0) is 13.0 Å². The summed E-state index contributed by atoms with van der Waals surface area (Å²) in [6.45, 7) is 2.24. The third-order valence-electron chi connectivity index (χ3n) is 3.16. The highest BCUT2D eigenvalue weighted by molar-refractivity contribution is 9.10. The van der Waals surface area contributed by atoms with E-state index in [-0.39, 0.29) is 11.2 Å². The minimum Gasteiger partial charge on any atom is -0.344 e. The normalized spacial score (nSPS) is 11.7. The number of nitrogens with zero attached hydrogens (tertiary/aromatic N) is 4. The maximum absolute atomic E-state index is 12.2. The number of carbonyl (C=O) groups is 1. The van der Waals surface area contributed by atoms with Gasteiger partial charge in [-0.2, -0.15) is 5.26 Å². The smallest absolute Gasteiger partial charge is 0.235 e. The molecule has 1 atom stereocenters. The Kier molecular flexibility index (Phi) is 6.19. The molecule has 0 bridgehead atoms. The molecule has 2 rings (SSSR count). The Bertz CT molecular complexity index is 727. The van der Waals surface area contributed by atoms with E-state index >= 15 is 0 Å². The molecule has 0 radical (unpaired) electrons. The zero-order chi connectivity index (χ0) is 16.8. The summed E-state index contributed by atoms with van der Waals surface area (Å²) in [6, 6.07) is 9.75. The fourth-order valence-corrected chi connectivity index (χ4v) is 3.23. The number of nitrogens with one attached hydrogen (secondary N) is 1. The van der Waals surface area contributed by atoms with Gasteiger partial charge in [-0.15, -0.1) is 5.10 Å². The highest BCUT2D eigenvalue weighted by atomic mass is 79.9. The summed E-state index contributed by atoms with van der Waals surface area (Å²) in [5.74, 6) is 0.606. The summed E-state index contributed by atoms with van der Waals surface area (Å²) in [7, 11) is 1.70. The monoisotopic (exact) mass is 393 g/mol. The van der Waals surface area contributed by atoms with Crippen LogP contribution in [0.5, 0.6) is 0 Å². The summed E-state index contributed by atoms with van der Waals surface area (Å²) < 4.78 is 0.924. The van der Waals surface area contributed by atoms with Crippen molar-refractivity contribution in [3.63, 3.8) is 0 Å². The molecule has 0 saturated heterocycles. The first kappa shape index (κ1) is 17.5. The van der Waals surface area contributed by atoms with E-state index in [1.807, 2.05) is 37.3 Å². The topological polar surface area (TPSA) is 85.7 Å². The number of nitriles is 1. The average Bonchev–Trinajstić information content (AvgIpc) is 3.00. The number of rotatable bonds is 6. The van der Waals surface area contributed by atoms with Crippen LogP contribution >= 0.6 is 27.7 Å². The molecule has 6 nitrogen and oxygen atoms in total. The van der Waals surface area contributed by atoms with Crippen LogP contribution < -0.4 is 0 Å². The minimum atomic E-state index is -0.318. The second kappa shape index (κ2) is 8.13. The van der Waals surface area contributed by atoms with Gasteiger partial charge in [-0.25, -0.2) is 4.98 Å². The van der Waals surface area contributed by atoms with Crippen LogP contribution in [0.3, 0.4) is 0 Å². The first-order valence-electron chi connectivity index (χ1n) is 6.98. The number of halogens is 1. The molecular formula is C15H16BrN5OS. The average molecular weight is 394 g/mol. The highest BCUT2D eigenvalue weighted by Crippen LogP contribution is 2.27. The number of thioether (sulfide) groups is 1. The van der Waals surface area contributed by atoms with Crippen LogP contribution in [0.25, 0.3) is 11.4 Å². The fourth-order valence-electron chi connectivity index (χ4n) is 1.92. The van der Waals surface area contributed by atoms with Crippen LogP contribution in [0, 0.1) is 11.3 Å². The molecule has 0 unspecified atom stereocenters. The van der Waals surface area contributed by atoms with Crippen LogP contribution in [0.1, 0.15) is 13.3 Å². The summed E-state index contributed by atoms with van der Waals surface area (Å²) in [5.41, 5.74) is 0.914. The van der Waals surface area contributed by atoms with Crippen molar-refractivity contribution in [2.45, 2.75) is 23.8 Å². The van der Waals surface area contributed by atoms with E-state index < -0.39 is 0 Å². The molecule has 1 aromatic carbocycles. The molecule has 0 aliphatic heterocycles. The van der Waals surface area contributed by atoms with E-state index in [0.29, 0.717) is 23.9 Å². The molecule has 120 valence electrons. The first-order valence-corrected chi connectivity index (χ1v) is 8.66. The molecule has 8 heteroatoms. The maximum atomic E-state index is 12.2. The molecule has 1 heterocycles. The quantitative estimate of drug-likeness (QED) is 0.761. The van der Waals surface area contributed by atoms with E-state index in [1.165, 1.54) is 11.8 Å². The number of H-pyrrole nitrogens is 1. The van der Waals surface area contributed by atoms with Crippen molar-refractivity contribution in [1.29, 1.82) is 5.26 Å². The Hall–Kier alpha value is -1.85. The Balaban J connectivity index is 2.03. The lowest BCUT2D eigenvalue weighted by atomic mass is 10.2. The van der Waals surface area contributed by atoms with Crippen LogP contribution in [0.15, 0.2) is 33.9 Å². The van der Waals surface area contributed by atoms with Crippen molar-refractivity contribution >= 4 is 33.6 Å². The minimum absolute atomic E-state index is 0.0440. The molecule has 1 aromatic heterocycles. The van der Waals surface area contributed by atoms with Crippen LogP contribution in [-0.4, -0.2) is 44.8 Å². The number of hydrogen-bond donors (Lipinski definition) is 1. The van der Waals surface area contributed by atoms with Gasteiger partial charge in [-0.3, -0.25) is 9.89 Å². The largest absolute Gasteiger partial charge is 0.344 e. The van der Waals surface area contributed by atoms with Crippen LogP contribution in [0.2, 0.25) is 0 Å². The predicted octanol–water partition coefficient (Wildman–Crippen LogP) is 3.09. The zero-order valence-electron chi connectivity index (χ0n) is 12.8. The number of hydrogen-bond acceptors (Lipinski definition) is 5. The number of carbonyl (C=O) groups excluding carboxylic acids is 1. The number of aromatic nitrogens is 3. The van der Waals surface area contributed by atoms with Crippen molar-refractivity contribution in [3.05, 3.63) is 28.7 Å². The lowest BCUT2D eigenvalue weighted by molar-refractivity contribution is -0.128. The Morgan fingerprint density at radius 3 is 2.96 bits per heavy atom. The van der Waals surface area contributed by atoms with Gasteiger partial charge in [0.15, 0.2) is 5.82 Å². The van der Waals surface area contributed by atoms with E-state index in [0.717, 1.165) is 10.0 Å². The Morgan fingerprint density at radius 1 is 1.52 bits per heavy atom.